The van der Waals surface area contributed by atoms with E-state index in [2.05, 4.69) is 10.2 Å². The maximum atomic E-state index is 12.5. The van der Waals surface area contributed by atoms with Gasteiger partial charge in [0, 0.05) is 11.4 Å². The fourth-order valence-electron chi connectivity index (χ4n) is 2.51. The van der Waals surface area contributed by atoms with E-state index in [1.807, 2.05) is 56.7 Å². The summed E-state index contributed by atoms with van der Waals surface area (Å²) in [5, 5.41) is 3.45. The normalized spacial score (nSPS) is 12.1. The molecule has 1 amide bonds. The summed E-state index contributed by atoms with van der Waals surface area (Å²) in [5.41, 5.74) is 1.61. The van der Waals surface area contributed by atoms with Crippen LogP contribution in [-0.4, -0.2) is 44.8 Å². The Labute approximate surface area is 158 Å². The molecule has 0 radical (unpaired) electrons. The summed E-state index contributed by atoms with van der Waals surface area (Å²) in [6.45, 7) is 0.484. The molecule has 0 heterocycles. The van der Waals surface area contributed by atoms with E-state index < -0.39 is 0 Å². The van der Waals surface area contributed by atoms with Gasteiger partial charge in [-0.05, 0) is 56.2 Å². The summed E-state index contributed by atoms with van der Waals surface area (Å²) in [6.07, 6.45) is 1.97. The molecular formula is C19H23ClN2O2S. The molecule has 0 unspecified atom stereocenters. The molecule has 0 spiro atoms. The molecule has 4 nitrogen and oxygen atoms in total. The topological polar surface area (TPSA) is 41.6 Å². The number of nitrogens with zero attached hydrogens (tertiary/aromatic N) is 1. The lowest BCUT2D eigenvalue weighted by Crippen LogP contribution is -2.34. The van der Waals surface area contributed by atoms with Crippen LogP contribution in [0.15, 0.2) is 47.4 Å². The minimum Gasteiger partial charge on any atom is -0.497 e. The molecule has 0 aliphatic rings. The van der Waals surface area contributed by atoms with E-state index in [4.69, 9.17) is 16.3 Å². The lowest BCUT2D eigenvalue weighted by atomic mass is 10.1. The van der Waals surface area contributed by atoms with Gasteiger partial charge >= 0.3 is 0 Å². The van der Waals surface area contributed by atoms with Gasteiger partial charge in [0.2, 0.25) is 0 Å². The number of amides is 1. The number of halogens is 1. The van der Waals surface area contributed by atoms with Crippen LogP contribution in [0.2, 0.25) is 5.02 Å². The number of thioether (sulfide) groups is 1. The van der Waals surface area contributed by atoms with Crippen LogP contribution in [0.25, 0.3) is 0 Å². The molecule has 25 heavy (non-hydrogen) atoms. The minimum absolute atomic E-state index is 0.0531. The number of hydrogen-bond donors (Lipinski definition) is 1. The van der Waals surface area contributed by atoms with Gasteiger partial charge < -0.3 is 15.0 Å². The van der Waals surface area contributed by atoms with Crippen LogP contribution in [0.5, 0.6) is 5.75 Å². The lowest BCUT2D eigenvalue weighted by Gasteiger charge is -2.25. The molecule has 2 aromatic rings. The van der Waals surface area contributed by atoms with Gasteiger partial charge in [0.15, 0.2) is 0 Å². The molecule has 134 valence electrons. The summed E-state index contributed by atoms with van der Waals surface area (Å²) in [6, 6.07) is 13.4. The Kier molecular flexibility index (Phi) is 7.17. The highest BCUT2D eigenvalue weighted by Gasteiger charge is 2.17. The van der Waals surface area contributed by atoms with Gasteiger partial charge in [0.1, 0.15) is 5.75 Å². The Morgan fingerprint density at radius 2 is 1.92 bits per heavy atom. The maximum absolute atomic E-state index is 12.5. The first-order valence-corrected chi connectivity index (χ1v) is 9.48. The second kappa shape index (κ2) is 9.13. The van der Waals surface area contributed by atoms with E-state index in [-0.39, 0.29) is 11.9 Å². The quantitative estimate of drug-likeness (QED) is 0.736. The number of methoxy groups -OCH3 is 1. The van der Waals surface area contributed by atoms with Gasteiger partial charge in [-0.15, -0.1) is 11.8 Å². The molecule has 1 atom stereocenters. The third-order valence-corrected chi connectivity index (χ3v) is 5.05. The molecule has 2 aromatic carbocycles. The Hall–Kier alpha value is -1.69. The number of rotatable bonds is 7. The Morgan fingerprint density at radius 1 is 1.24 bits per heavy atom. The van der Waals surface area contributed by atoms with Gasteiger partial charge in [0.05, 0.1) is 23.7 Å². The predicted octanol–water partition coefficient (Wildman–Crippen LogP) is 4.10. The van der Waals surface area contributed by atoms with Crippen LogP contribution < -0.4 is 10.1 Å². The number of carbonyl (C=O) groups is 1. The van der Waals surface area contributed by atoms with E-state index in [1.165, 1.54) is 0 Å². The van der Waals surface area contributed by atoms with Crippen molar-refractivity contribution in [2.75, 3.05) is 34.0 Å². The van der Waals surface area contributed by atoms with Gasteiger partial charge in [0.25, 0.3) is 5.91 Å². The van der Waals surface area contributed by atoms with Crippen LogP contribution in [0, 0.1) is 0 Å². The zero-order chi connectivity index (χ0) is 18.4. The van der Waals surface area contributed by atoms with Crippen molar-refractivity contribution in [3.63, 3.8) is 0 Å². The van der Waals surface area contributed by atoms with Crippen LogP contribution in [0.4, 0.5) is 0 Å². The van der Waals surface area contributed by atoms with Gasteiger partial charge in [-0.2, -0.15) is 0 Å². The summed E-state index contributed by atoms with van der Waals surface area (Å²) in [5.74, 6) is 0.646. The first-order chi connectivity index (χ1) is 12.0. The molecule has 0 aromatic heterocycles. The molecule has 0 aliphatic carbocycles. The molecule has 1 N–H and O–H groups in total. The monoisotopic (exact) mass is 378 g/mol. The Balaban J connectivity index is 2.11. The highest BCUT2D eigenvalue weighted by atomic mass is 35.5. The first-order valence-electron chi connectivity index (χ1n) is 7.88. The van der Waals surface area contributed by atoms with Crippen molar-refractivity contribution in [2.24, 2.45) is 0 Å². The minimum atomic E-state index is -0.165. The van der Waals surface area contributed by atoms with Crippen LogP contribution >= 0.6 is 23.4 Å². The number of benzene rings is 2. The van der Waals surface area contributed by atoms with E-state index in [9.17, 15) is 4.79 Å². The van der Waals surface area contributed by atoms with Gasteiger partial charge in [-0.3, -0.25) is 4.79 Å². The highest BCUT2D eigenvalue weighted by molar-refractivity contribution is 7.98. The average Bonchev–Trinajstić information content (AvgIpc) is 2.62. The molecule has 0 saturated heterocycles. The number of nitrogens with one attached hydrogen (secondary N) is 1. The Morgan fingerprint density at radius 3 is 2.48 bits per heavy atom. The molecular weight excluding hydrogens is 356 g/mol. The van der Waals surface area contributed by atoms with E-state index in [1.54, 1.807) is 24.9 Å². The molecule has 0 fully saturated rings. The summed E-state index contributed by atoms with van der Waals surface area (Å²) < 4.78 is 5.20. The summed E-state index contributed by atoms with van der Waals surface area (Å²) in [7, 11) is 5.62. The smallest absolute Gasteiger partial charge is 0.252 e. The average molecular weight is 379 g/mol. The lowest BCUT2D eigenvalue weighted by molar-refractivity contribution is 0.0942. The largest absolute Gasteiger partial charge is 0.497 e. The molecule has 0 saturated carbocycles. The van der Waals surface area contributed by atoms with E-state index >= 15 is 0 Å². The molecule has 0 aliphatic heterocycles. The SMILES string of the molecule is COc1ccc([C@@H](CNC(=O)c2cc(SC)ccc2Cl)N(C)C)cc1. The first kappa shape index (κ1) is 19.6. The number of ether oxygens (including phenoxy) is 1. The van der Waals surface area contributed by atoms with Crippen molar-refractivity contribution >= 4 is 29.3 Å². The summed E-state index contributed by atoms with van der Waals surface area (Å²) in [4.78, 5) is 15.6. The number of carbonyl (C=O) groups excluding carboxylic acids is 1. The molecule has 6 heteroatoms. The number of likely N-dealkylation sites (N-methyl/N-ethyl adjacent to an activating group) is 1. The molecule has 0 bridgehead atoms. The second-order valence-corrected chi connectivity index (χ2v) is 7.10. The number of hydrogen-bond acceptors (Lipinski definition) is 4. The summed E-state index contributed by atoms with van der Waals surface area (Å²) >= 11 is 7.76. The zero-order valence-electron chi connectivity index (χ0n) is 14.9. The standard InChI is InChI=1S/C19H23ClN2O2S/c1-22(2)18(13-5-7-14(24-3)8-6-13)12-21-19(23)16-11-15(25-4)9-10-17(16)20/h5-11,18H,12H2,1-4H3,(H,21,23)/t18-/m1/s1. The van der Waals surface area contributed by atoms with Crippen molar-refractivity contribution in [1.29, 1.82) is 0 Å². The highest BCUT2D eigenvalue weighted by Crippen LogP contribution is 2.24. The van der Waals surface area contributed by atoms with Crippen LogP contribution in [0.1, 0.15) is 22.0 Å². The van der Waals surface area contributed by atoms with E-state index in [0.717, 1.165) is 16.2 Å². The Bertz CT molecular complexity index is 720. The van der Waals surface area contributed by atoms with Crippen LogP contribution in [-0.2, 0) is 0 Å². The zero-order valence-corrected chi connectivity index (χ0v) is 16.4. The van der Waals surface area contributed by atoms with Crippen molar-refractivity contribution in [3.8, 4) is 5.75 Å². The van der Waals surface area contributed by atoms with Gasteiger partial charge in [-0.1, -0.05) is 23.7 Å². The van der Waals surface area contributed by atoms with Crippen LogP contribution in [0.3, 0.4) is 0 Å². The molecule has 2 rings (SSSR count). The maximum Gasteiger partial charge on any atom is 0.252 e. The van der Waals surface area contributed by atoms with Crippen molar-refractivity contribution in [1.82, 2.24) is 10.2 Å². The van der Waals surface area contributed by atoms with Crippen molar-refractivity contribution in [3.05, 3.63) is 58.6 Å². The van der Waals surface area contributed by atoms with Crippen molar-refractivity contribution in [2.45, 2.75) is 10.9 Å². The van der Waals surface area contributed by atoms with Crippen molar-refractivity contribution < 1.29 is 9.53 Å². The predicted molar refractivity (Wildman–Crippen MR) is 105 cm³/mol. The second-order valence-electron chi connectivity index (χ2n) is 5.81. The van der Waals surface area contributed by atoms with Gasteiger partial charge in [-0.25, -0.2) is 0 Å². The third kappa shape index (κ3) is 5.14. The van der Waals surface area contributed by atoms with E-state index in [0.29, 0.717) is 17.1 Å². The third-order valence-electron chi connectivity index (χ3n) is 4.00. The fraction of sp³-hybridized carbons (Fsp3) is 0.316. The fourth-order valence-corrected chi connectivity index (χ4v) is 3.16.